The molecule has 4 nitrogen and oxygen atoms in total. The van der Waals surface area contributed by atoms with Gasteiger partial charge in [-0.1, -0.05) is 6.08 Å². The number of benzene rings is 1. The van der Waals surface area contributed by atoms with Crippen LogP contribution in [0.15, 0.2) is 30.9 Å². The van der Waals surface area contributed by atoms with E-state index in [2.05, 4.69) is 6.58 Å². The first kappa shape index (κ1) is 10.3. The van der Waals surface area contributed by atoms with Gasteiger partial charge in [-0.25, -0.2) is 0 Å². The average molecular weight is 192 g/mol. The Hall–Kier alpha value is -1.81. The molecule has 0 heterocycles. The Bertz CT molecular complexity index is 374. The summed E-state index contributed by atoms with van der Waals surface area (Å²) in [6.07, 6.45) is 1.47. The lowest BCUT2D eigenvalue weighted by Gasteiger charge is -2.09. The summed E-state index contributed by atoms with van der Waals surface area (Å²) in [5.41, 5.74) is 11.5. The number of aromatic hydroxyl groups is 1. The van der Waals surface area contributed by atoms with Crippen LogP contribution in [0.2, 0.25) is 0 Å². The minimum Gasteiger partial charge on any atom is -0.508 e. The minimum absolute atomic E-state index is 0.0300. The lowest BCUT2D eigenvalue weighted by atomic mass is 10.0. The van der Waals surface area contributed by atoms with E-state index in [1.165, 1.54) is 24.3 Å². The Labute approximate surface area is 81.8 Å². The van der Waals surface area contributed by atoms with Crippen LogP contribution in [0.3, 0.4) is 0 Å². The van der Waals surface area contributed by atoms with Crippen LogP contribution in [0.5, 0.6) is 5.75 Å². The molecule has 1 atom stereocenters. The fourth-order valence-corrected chi connectivity index (χ4v) is 1.10. The molecule has 0 saturated carbocycles. The van der Waals surface area contributed by atoms with Crippen molar-refractivity contribution in [3.05, 3.63) is 42.0 Å². The van der Waals surface area contributed by atoms with Gasteiger partial charge in [0.05, 0.1) is 6.04 Å². The van der Waals surface area contributed by atoms with Gasteiger partial charge in [-0.2, -0.15) is 0 Å². The fourth-order valence-electron chi connectivity index (χ4n) is 1.10. The Morgan fingerprint density at radius 3 is 2.71 bits per heavy atom. The lowest BCUT2D eigenvalue weighted by molar-refractivity contribution is 0.1000. The molecular formula is C10H12N2O2. The largest absolute Gasteiger partial charge is 0.508 e. The van der Waals surface area contributed by atoms with E-state index in [4.69, 9.17) is 11.5 Å². The Morgan fingerprint density at radius 2 is 2.21 bits per heavy atom. The van der Waals surface area contributed by atoms with E-state index in [0.29, 0.717) is 11.1 Å². The number of carbonyl (C=O) groups is 1. The highest BCUT2D eigenvalue weighted by atomic mass is 16.3. The summed E-state index contributed by atoms with van der Waals surface area (Å²) >= 11 is 0. The normalized spacial score (nSPS) is 12.1. The SMILES string of the molecule is C=C[C@@H](N)c1cc(C(N)=O)ccc1O. The van der Waals surface area contributed by atoms with Crippen LogP contribution >= 0.6 is 0 Å². The molecular weight excluding hydrogens is 180 g/mol. The first-order chi connectivity index (χ1) is 6.56. The van der Waals surface area contributed by atoms with Crippen LogP contribution in [0, 0.1) is 0 Å². The molecule has 0 saturated heterocycles. The number of hydrogen-bond acceptors (Lipinski definition) is 3. The van der Waals surface area contributed by atoms with Gasteiger partial charge in [0.15, 0.2) is 0 Å². The minimum atomic E-state index is -0.553. The van der Waals surface area contributed by atoms with E-state index in [0.717, 1.165) is 0 Å². The predicted molar refractivity (Wildman–Crippen MR) is 53.8 cm³/mol. The Balaban J connectivity index is 3.20. The smallest absolute Gasteiger partial charge is 0.248 e. The molecule has 0 aliphatic rings. The molecule has 1 rings (SSSR count). The van der Waals surface area contributed by atoms with Crippen LogP contribution in [0.4, 0.5) is 0 Å². The molecule has 4 heteroatoms. The van der Waals surface area contributed by atoms with E-state index in [9.17, 15) is 9.90 Å². The molecule has 74 valence electrons. The van der Waals surface area contributed by atoms with E-state index in [1.54, 1.807) is 0 Å². The second-order valence-corrected chi connectivity index (χ2v) is 2.90. The van der Waals surface area contributed by atoms with E-state index >= 15 is 0 Å². The third-order valence-corrected chi connectivity index (χ3v) is 1.93. The Morgan fingerprint density at radius 1 is 1.57 bits per heavy atom. The fraction of sp³-hybridized carbons (Fsp3) is 0.100. The summed E-state index contributed by atoms with van der Waals surface area (Å²) in [6.45, 7) is 3.50. The summed E-state index contributed by atoms with van der Waals surface area (Å²) in [5, 5.41) is 9.44. The molecule has 0 aromatic heterocycles. The van der Waals surface area contributed by atoms with Crippen molar-refractivity contribution in [3.63, 3.8) is 0 Å². The van der Waals surface area contributed by atoms with E-state index in [-0.39, 0.29) is 5.75 Å². The average Bonchev–Trinajstić information content (AvgIpc) is 2.17. The van der Waals surface area contributed by atoms with Gasteiger partial charge in [0.25, 0.3) is 0 Å². The van der Waals surface area contributed by atoms with Gasteiger partial charge >= 0.3 is 0 Å². The number of amides is 1. The first-order valence-electron chi connectivity index (χ1n) is 4.07. The quantitative estimate of drug-likeness (QED) is 0.615. The molecule has 14 heavy (non-hydrogen) atoms. The summed E-state index contributed by atoms with van der Waals surface area (Å²) < 4.78 is 0. The van der Waals surface area contributed by atoms with Gasteiger partial charge in [-0.05, 0) is 18.2 Å². The van der Waals surface area contributed by atoms with Gasteiger partial charge in [0.1, 0.15) is 5.75 Å². The second kappa shape index (κ2) is 3.93. The molecule has 1 aromatic rings. The van der Waals surface area contributed by atoms with Crippen molar-refractivity contribution < 1.29 is 9.90 Å². The highest BCUT2D eigenvalue weighted by Gasteiger charge is 2.10. The highest BCUT2D eigenvalue weighted by Crippen LogP contribution is 2.24. The molecule has 0 spiro atoms. The maximum atomic E-state index is 10.8. The maximum Gasteiger partial charge on any atom is 0.248 e. The van der Waals surface area contributed by atoms with Crippen molar-refractivity contribution in [1.82, 2.24) is 0 Å². The molecule has 0 aliphatic heterocycles. The molecule has 0 aliphatic carbocycles. The molecule has 5 N–H and O–H groups in total. The summed E-state index contributed by atoms with van der Waals surface area (Å²) in [4.78, 5) is 10.8. The molecule has 0 bridgehead atoms. The van der Waals surface area contributed by atoms with Gasteiger partial charge < -0.3 is 16.6 Å². The van der Waals surface area contributed by atoms with Crippen LogP contribution in [-0.4, -0.2) is 11.0 Å². The van der Waals surface area contributed by atoms with Crippen molar-refractivity contribution >= 4 is 5.91 Å². The third kappa shape index (κ3) is 1.92. The van der Waals surface area contributed by atoms with E-state index < -0.39 is 11.9 Å². The van der Waals surface area contributed by atoms with E-state index in [1.807, 2.05) is 0 Å². The molecule has 0 unspecified atom stereocenters. The van der Waals surface area contributed by atoms with Gasteiger partial charge in [0.2, 0.25) is 5.91 Å². The highest BCUT2D eigenvalue weighted by molar-refractivity contribution is 5.93. The lowest BCUT2D eigenvalue weighted by Crippen LogP contribution is -2.13. The molecule has 1 aromatic carbocycles. The standard InChI is InChI=1S/C10H12N2O2/c1-2-8(11)7-5-6(10(12)14)3-4-9(7)13/h2-5,8,13H,1,11H2,(H2,12,14)/t8-/m1/s1. The first-order valence-corrected chi connectivity index (χ1v) is 4.07. The van der Waals surface area contributed by atoms with Crippen molar-refractivity contribution in [2.45, 2.75) is 6.04 Å². The third-order valence-electron chi connectivity index (χ3n) is 1.93. The zero-order valence-electron chi connectivity index (χ0n) is 7.60. The van der Waals surface area contributed by atoms with Gasteiger partial charge in [-0.15, -0.1) is 6.58 Å². The van der Waals surface area contributed by atoms with Gasteiger partial charge in [0, 0.05) is 11.1 Å². The number of phenolic OH excluding ortho intramolecular Hbond substituents is 1. The van der Waals surface area contributed by atoms with Crippen molar-refractivity contribution in [1.29, 1.82) is 0 Å². The van der Waals surface area contributed by atoms with Crippen molar-refractivity contribution in [2.24, 2.45) is 11.5 Å². The predicted octanol–water partition coefficient (Wildman–Crippen LogP) is 0.677. The number of nitrogens with two attached hydrogens (primary N) is 2. The van der Waals surface area contributed by atoms with Crippen LogP contribution < -0.4 is 11.5 Å². The number of primary amides is 1. The van der Waals surface area contributed by atoms with Crippen molar-refractivity contribution in [3.8, 4) is 5.75 Å². The zero-order chi connectivity index (χ0) is 10.7. The zero-order valence-corrected chi connectivity index (χ0v) is 7.60. The molecule has 1 amide bonds. The van der Waals surface area contributed by atoms with Crippen LogP contribution in [-0.2, 0) is 0 Å². The van der Waals surface area contributed by atoms with Gasteiger partial charge in [-0.3, -0.25) is 4.79 Å². The number of phenols is 1. The van der Waals surface area contributed by atoms with Crippen molar-refractivity contribution in [2.75, 3.05) is 0 Å². The maximum absolute atomic E-state index is 10.8. The summed E-state index contributed by atoms with van der Waals surface area (Å²) in [5.74, 6) is -0.523. The summed E-state index contributed by atoms with van der Waals surface area (Å²) in [7, 11) is 0. The summed E-state index contributed by atoms with van der Waals surface area (Å²) in [6, 6.07) is 3.79. The number of rotatable bonds is 3. The Kier molecular flexibility index (Phi) is 2.89. The molecule has 0 radical (unpaired) electrons. The number of hydrogen-bond donors (Lipinski definition) is 3. The number of carbonyl (C=O) groups excluding carboxylic acids is 1. The van der Waals surface area contributed by atoms with Crippen LogP contribution in [0.1, 0.15) is 22.0 Å². The van der Waals surface area contributed by atoms with Crippen LogP contribution in [0.25, 0.3) is 0 Å². The topological polar surface area (TPSA) is 89.3 Å². The second-order valence-electron chi connectivity index (χ2n) is 2.90. The molecule has 0 fully saturated rings. The monoisotopic (exact) mass is 192 g/mol.